The molecule has 0 saturated heterocycles. The number of esters is 2. The highest BCUT2D eigenvalue weighted by molar-refractivity contribution is 6.04. The van der Waals surface area contributed by atoms with E-state index in [1.807, 2.05) is 0 Å². The second-order valence-corrected chi connectivity index (χ2v) is 4.80. The number of aryl methyl sites for hydroxylation is 1. The second-order valence-electron chi connectivity index (χ2n) is 4.80. The van der Waals surface area contributed by atoms with Gasteiger partial charge in [-0.3, -0.25) is 9.59 Å². The van der Waals surface area contributed by atoms with Gasteiger partial charge in [-0.2, -0.15) is 0 Å². The average Bonchev–Trinajstić information content (AvgIpc) is 2.78. The number of hydrogen-bond acceptors (Lipinski definition) is 6. The van der Waals surface area contributed by atoms with Gasteiger partial charge in [0.1, 0.15) is 0 Å². The Morgan fingerprint density at radius 2 is 1.61 bits per heavy atom. The molecule has 0 saturated carbocycles. The first-order valence-electron chi connectivity index (χ1n) is 7.02. The lowest BCUT2D eigenvalue weighted by atomic mass is 10.1. The van der Waals surface area contributed by atoms with Crippen molar-refractivity contribution in [2.24, 2.45) is 0 Å². The predicted molar refractivity (Wildman–Crippen MR) is 81.3 cm³/mol. The van der Waals surface area contributed by atoms with E-state index in [1.165, 1.54) is 6.92 Å². The van der Waals surface area contributed by atoms with Crippen molar-refractivity contribution in [3.63, 3.8) is 0 Å². The van der Waals surface area contributed by atoms with E-state index in [2.05, 4.69) is 9.72 Å². The van der Waals surface area contributed by atoms with Gasteiger partial charge in [-0.15, -0.1) is 0 Å². The molecule has 0 aliphatic heterocycles. The number of nitrogens with one attached hydrogen (secondary N) is 1. The number of rotatable bonds is 7. The van der Waals surface area contributed by atoms with Gasteiger partial charge in [0.05, 0.1) is 12.3 Å². The first-order valence-corrected chi connectivity index (χ1v) is 7.02. The number of carbonyl (C=O) groups is 4. The maximum absolute atomic E-state index is 12.1. The average molecular weight is 321 g/mol. The zero-order valence-electron chi connectivity index (χ0n) is 13.5. The first-order chi connectivity index (χ1) is 10.8. The van der Waals surface area contributed by atoms with E-state index < -0.39 is 24.3 Å². The summed E-state index contributed by atoms with van der Waals surface area (Å²) in [6, 6.07) is 0. The summed E-state index contributed by atoms with van der Waals surface area (Å²) in [6.07, 6.45) is 1.81. The molecule has 0 amide bonds. The summed E-state index contributed by atoms with van der Waals surface area (Å²) >= 11 is 0. The molecule has 23 heavy (non-hydrogen) atoms. The summed E-state index contributed by atoms with van der Waals surface area (Å²) in [5, 5.41) is 0. The van der Waals surface area contributed by atoms with Crippen molar-refractivity contribution in [2.45, 2.75) is 27.7 Å². The van der Waals surface area contributed by atoms with Crippen molar-refractivity contribution in [2.75, 3.05) is 13.2 Å². The van der Waals surface area contributed by atoms with Crippen LogP contribution in [0.4, 0.5) is 0 Å². The number of aromatic amines is 1. The lowest BCUT2D eigenvalue weighted by Crippen LogP contribution is -2.14. The highest BCUT2D eigenvalue weighted by Gasteiger charge is 2.20. The Morgan fingerprint density at radius 1 is 1.04 bits per heavy atom. The van der Waals surface area contributed by atoms with Crippen LogP contribution in [-0.2, 0) is 19.1 Å². The molecule has 0 fully saturated rings. The molecule has 7 nitrogen and oxygen atoms in total. The summed E-state index contributed by atoms with van der Waals surface area (Å²) in [5.41, 5.74) is 1.81. The summed E-state index contributed by atoms with van der Waals surface area (Å²) in [7, 11) is 0. The van der Waals surface area contributed by atoms with Crippen LogP contribution in [0.25, 0.3) is 0 Å². The molecule has 124 valence electrons. The van der Waals surface area contributed by atoms with Gasteiger partial charge < -0.3 is 14.5 Å². The van der Waals surface area contributed by atoms with E-state index in [0.29, 0.717) is 16.8 Å². The summed E-state index contributed by atoms with van der Waals surface area (Å²) in [5.74, 6) is -2.11. The van der Waals surface area contributed by atoms with Crippen molar-refractivity contribution in [3.8, 4) is 0 Å². The van der Waals surface area contributed by atoms with E-state index in [9.17, 15) is 19.2 Å². The third kappa shape index (κ3) is 4.91. The lowest BCUT2D eigenvalue weighted by Gasteiger charge is -2.02. The normalized spacial score (nSPS) is 10.6. The second kappa shape index (κ2) is 8.07. The maximum Gasteiger partial charge on any atom is 0.331 e. The summed E-state index contributed by atoms with van der Waals surface area (Å²) in [4.78, 5) is 48.9. The Bertz CT molecular complexity index is 668. The van der Waals surface area contributed by atoms with Crippen LogP contribution in [0.5, 0.6) is 0 Å². The number of Topliss-reactive ketones (excluding diaryl/α,β-unsaturated/α-hetero) is 2. The number of ether oxygens (including phenoxy) is 2. The third-order valence-corrected chi connectivity index (χ3v) is 3.06. The molecule has 1 rings (SSSR count). The number of hydrogen-bond donors (Lipinski definition) is 1. The number of carbonyl (C=O) groups excluding carboxylic acids is 4. The number of ketones is 2. The van der Waals surface area contributed by atoms with Crippen molar-refractivity contribution < 1.29 is 28.7 Å². The van der Waals surface area contributed by atoms with Gasteiger partial charge in [0, 0.05) is 23.4 Å². The van der Waals surface area contributed by atoms with Crippen LogP contribution in [0.2, 0.25) is 0 Å². The van der Waals surface area contributed by atoms with Gasteiger partial charge in [-0.1, -0.05) is 0 Å². The van der Waals surface area contributed by atoms with Crippen LogP contribution in [0.1, 0.15) is 46.0 Å². The highest BCUT2D eigenvalue weighted by atomic mass is 16.5. The van der Waals surface area contributed by atoms with Crippen LogP contribution in [-0.4, -0.2) is 41.7 Å². The van der Waals surface area contributed by atoms with E-state index in [4.69, 9.17) is 4.74 Å². The molecule has 1 N–H and O–H groups in total. The van der Waals surface area contributed by atoms with Gasteiger partial charge >= 0.3 is 11.9 Å². The van der Waals surface area contributed by atoms with Crippen molar-refractivity contribution in [3.05, 3.63) is 34.7 Å². The lowest BCUT2D eigenvalue weighted by molar-refractivity contribution is -0.139. The maximum atomic E-state index is 12.1. The standard InChI is InChI=1S/C16H19NO6/c1-5-22-13(20)6-7-14(21)23-8-12(19)16-9(2)15(11(4)18)10(3)17-16/h6-7,17H,5,8H2,1-4H3/b7-6+. The molecule has 0 spiro atoms. The minimum absolute atomic E-state index is 0.148. The van der Waals surface area contributed by atoms with Crippen LogP contribution >= 0.6 is 0 Å². The van der Waals surface area contributed by atoms with E-state index in [1.54, 1.807) is 20.8 Å². The van der Waals surface area contributed by atoms with Crippen LogP contribution < -0.4 is 0 Å². The molecule has 0 aliphatic carbocycles. The largest absolute Gasteiger partial charge is 0.463 e. The van der Waals surface area contributed by atoms with Crippen molar-refractivity contribution in [1.29, 1.82) is 0 Å². The fourth-order valence-electron chi connectivity index (χ4n) is 2.14. The van der Waals surface area contributed by atoms with E-state index in [-0.39, 0.29) is 18.1 Å². The van der Waals surface area contributed by atoms with Gasteiger partial charge in [0.2, 0.25) is 5.78 Å². The molecule has 0 aliphatic rings. The number of H-pyrrole nitrogens is 1. The predicted octanol–water partition coefficient (Wildman–Crippen LogP) is 1.68. The Kier molecular flexibility index (Phi) is 6.44. The van der Waals surface area contributed by atoms with Crippen molar-refractivity contribution in [1.82, 2.24) is 4.98 Å². The Balaban J connectivity index is 2.68. The van der Waals surface area contributed by atoms with E-state index >= 15 is 0 Å². The van der Waals surface area contributed by atoms with Crippen molar-refractivity contribution >= 4 is 23.5 Å². The fraction of sp³-hybridized carbons (Fsp3) is 0.375. The Morgan fingerprint density at radius 3 is 2.09 bits per heavy atom. The molecule has 0 atom stereocenters. The van der Waals surface area contributed by atoms with Crippen LogP contribution in [0, 0.1) is 13.8 Å². The SMILES string of the molecule is CCOC(=O)/C=C/C(=O)OCC(=O)c1[nH]c(C)c(C(C)=O)c1C. The zero-order chi connectivity index (χ0) is 17.6. The molecule has 7 heteroatoms. The summed E-state index contributed by atoms with van der Waals surface area (Å²) < 4.78 is 9.37. The summed E-state index contributed by atoms with van der Waals surface area (Å²) in [6.45, 7) is 6.09. The monoisotopic (exact) mass is 321 g/mol. The molecule has 0 bridgehead atoms. The smallest absolute Gasteiger partial charge is 0.331 e. The van der Waals surface area contributed by atoms with E-state index in [0.717, 1.165) is 12.2 Å². The third-order valence-electron chi connectivity index (χ3n) is 3.06. The topological polar surface area (TPSA) is 103 Å². The molecule has 0 aromatic carbocycles. The minimum Gasteiger partial charge on any atom is -0.463 e. The first kappa shape index (κ1) is 18.3. The van der Waals surface area contributed by atoms with Gasteiger partial charge in [-0.25, -0.2) is 9.59 Å². The van der Waals surface area contributed by atoms with Gasteiger partial charge in [0.15, 0.2) is 12.4 Å². The molecular formula is C16H19NO6. The zero-order valence-corrected chi connectivity index (χ0v) is 13.5. The van der Waals surface area contributed by atoms with Crippen LogP contribution in [0.3, 0.4) is 0 Å². The quantitative estimate of drug-likeness (QED) is 0.465. The molecule has 1 aromatic rings. The molecule has 1 heterocycles. The Labute approximate surface area is 133 Å². The fourth-order valence-corrected chi connectivity index (χ4v) is 2.14. The molecular weight excluding hydrogens is 302 g/mol. The number of aromatic nitrogens is 1. The molecule has 0 radical (unpaired) electrons. The van der Waals surface area contributed by atoms with Gasteiger partial charge in [0.25, 0.3) is 0 Å². The van der Waals surface area contributed by atoms with Gasteiger partial charge in [-0.05, 0) is 33.3 Å². The van der Waals surface area contributed by atoms with Crippen LogP contribution in [0.15, 0.2) is 12.2 Å². The Hall–Kier alpha value is -2.70. The minimum atomic E-state index is -0.834. The molecule has 0 unspecified atom stereocenters. The highest BCUT2D eigenvalue weighted by Crippen LogP contribution is 2.18. The molecule has 1 aromatic heterocycles.